The maximum absolute atomic E-state index is 12.0. The summed E-state index contributed by atoms with van der Waals surface area (Å²) >= 11 is 3.39. The Labute approximate surface area is 115 Å². The molecule has 0 fully saturated rings. The maximum Gasteiger partial charge on any atom is 0.305 e. The van der Waals surface area contributed by atoms with E-state index < -0.39 is 5.97 Å². The van der Waals surface area contributed by atoms with Gasteiger partial charge in [0.05, 0.1) is 12.8 Å². The highest BCUT2D eigenvalue weighted by molar-refractivity contribution is 9.10. The van der Waals surface area contributed by atoms with Crippen LogP contribution in [0.2, 0.25) is 0 Å². The maximum atomic E-state index is 12.0. The molecule has 0 aliphatic rings. The number of rotatable bonds is 6. The molecule has 0 spiro atoms. The SMILES string of the molecule is CCN(CCC(=O)O)C(=O)Cc1ccccc1Br. The number of hydrogen-bond donors (Lipinski definition) is 1. The molecule has 0 saturated carbocycles. The Morgan fingerprint density at radius 1 is 1.33 bits per heavy atom. The number of aliphatic carboxylic acids is 1. The fourth-order valence-corrected chi connectivity index (χ4v) is 2.03. The molecule has 4 nitrogen and oxygen atoms in total. The van der Waals surface area contributed by atoms with Crippen molar-refractivity contribution in [3.63, 3.8) is 0 Å². The Balaban J connectivity index is 2.62. The summed E-state index contributed by atoms with van der Waals surface area (Å²) in [6.07, 6.45) is 0.268. The second kappa shape index (κ2) is 7.16. The van der Waals surface area contributed by atoms with E-state index in [9.17, 15) is 9.59 Å². The molecular weight excluding hydrogens is 298 g/mol. The van der Waals surface area contributed by atoms with Crippen LogP contribution < -0.4 is 0 Å². The molecule has 98 valence electrons. The first-order chi connectivity index (χ1) is 8.54. The number of carbonyl (C=O) groups is 2. The van der Waals surface area contributed by atoms with Crippen LogP contribution in [-0.4, -0.2) is 35.0 Å². The van der Waals surface area contributed by atoms with Gasteiger partial charge in [-0.2, -0.15) is 0 Å². The van der Waals surface area contributed by atoms with Crippen LogP contribution >= 0.6 is 15.9 Å². The molecule has 1 aromatic rings. The summed E-state index contributed by atoms with van der Waals surface area (Å²) in [5, 5.41) is 8.63. The van der Waals surface area contributed by atoms with E-state index in [1.165, 1.54) is 0 Å². The molecule has 0 aromatic heterocycles. The van der Waals surface area contributed by atoms with Crippen molar-refractivity contribution < 1.29 is 14.7 Å². The number of carboxylic acids is 1. The minimum atomic E-state index is -0.887. The summed E-state index contributed by atoms with van der Waals surface area (Å²) in [6, 6.07) is 7.53. The molecule has 1 N–H and O–H groups in total. The highest BCUT2D eigenvalue weighted by Gasteiger charge is 2.14. The van der Waals surface area contributed by atoms with Crippen molar-refractivity contribution in [1.82, 2.24) is 4.90 Å². The van der Waals surface area contributed by atoms with E-state index in [2.05, 4.69) is 15.9 Å². The van der Waals surface area contributed by atoms with Gasteiger partial charge in [0, 0.05) is 17.6 Å². The zero-order valence-electron chi connectivity index (χ0n) is 10.2. The zero-order valence-corrected chi connectivity index (χ0v) is 11.8. The van der Waals surface area contributed by atoms with E-state index in [0.29, 0.717) is 6.54 Å². The van der Waals surface area contributed by atoms with Gasteiger partial charge in [0.25, 0.3) is 0 Å². The Bertz CT molecular complexity index is 434. The molecule has 1 rings (SSSR count). The molecule has 0 saturated heterocycles. The second-order valence-corrected chi connectivity index (χ2v) is 4.74. The van der Waals surface area contributed by atoms with E-state index in [1.54, 1.807) is 4.90 Å². The molecule has 0 atom stereocenters. The van der Waals surface area contributed by atoms with Crippen molar-refractivity contribution in [1.29, 1.82) is 0 Å². The Morgan fingerprint density at radius 3 is 2.56 bits per heavy atom. The molecule has 1 amide bonds. The number of nitrogens with zero attached hydrogens (tertiary/aromatic N) is 1. The molecule has 0 bridgehead atoms. The first-order valence-electron chi connectivity index (χ1n) is 5.77. The average molecular weight is 314 g/mol. The number of hydrogen-bond acceptors (Lipinski definition) is 2. The molecule has 0 radical (unpaired) electrons. The van der Waals surface area contributed by atoms with Crippen molar-refractivity contribution in [2.45, 2.75) is 19.8 Å². The van der Waals surface area contributed by atoms with Crippen LogP contribution in [0.15, 0.2) is 28.7 Å². The van der Waals surface area contributed by atoms with Crippen LogP contribution in [0.1, 0.15) is 18.9 Å². The van der Waals surface area contributed by atoms with Gasteiger partial charge in [0.1, 0.15) is 0 Å². The third-order valence-corrected chi connectivity index (χ3v) is 3.40. The van der Waals surface area contributed by atoms with Crippen LogP contribution in [-0.2, 0) is 16.0 Å². The van der Waals surface area contributed by atoms with Gasteiger partial charge < -0.3 is 10.0 Å². The predicted molar refractivity (Wildman–Crippen MR) is 72.4 cm³/mol. The standard InChI is InChI=1S/C13H16BrNO3/c1-2-15(8-7-13(17)18)12(16)9-10-5-3-4-6-11(10)14/h3-6H,2,7-9H2,1H3,(H,17,18). The molecular formula is C13H16BrNO3. The van der Waals surface area contributed by atoms with Crippen molar-refractivity contribution in [2.75, 3.05) is 13.1 Å². The van der Waals surface area contributed by atoms with E-state index in [4.69, 9.17) is 5.11 Å². The Morgan fingerprint density at radius 2 is 2.00 bits per heavy atom. The minimum absolute atomic E-state index is 0.0183. The smallest absolute Gasteiger partial charge is 0.305 e. The van der Waals surface area contributed by atoms with Crippen molar-refractivity contribution in [3.8, 4) is 0 Å². The van der Waals surface area contributed by atoms with Crippen LogP contribution in [0.5, 0.6) is 0 Å². The number of likely N-dealkylation sites (N-methyl/N-ethyl adjacent to an activating group) is 1. The average Bonchev–Trinajstić information content (AvgIpc) is 2.32. The van der Waals surface area contributed by atoms with Gasteiger partial charge in [-0.3, -0.25) is 9.59 Å². The summed E-state index contributed by atoms with van der Waals surface area (Å²) < 4.78 is 0.896. The highest BCUT2D eigenvalue weighted by atomic mass is 79.9. The molecule has 0 unspecified atom stereocenters. The summed E-state index contributed by atoms with van der Waals surface area (Å²) in [4.78, 5) is 24.1. The molecule has 5 heteroatoms. The van der Waals surface area contributed by atoms with Gasteiger partial charge >= 0.3 is 5.97 Å². The van der Waals surface area contributed by atoms with Crippen LogP contribution in [0.25, 0.3) is 0 Å². The Hall–Kier alpha value is -1.36. The first kappa shape index (κ1) is 14.7. The lowest BCUT2D eigenvalue weighted by Crippen LogP contribution is -2.34. The summed E-state index contributed by atoms with van der Waals surface area (Å²) in [7, 11) is 0. The lowest BCUT2D eigenvalue weighted by atomic mass is 10.1. The minimum Gasteiger partial charge on any atom is -0.481 e. The third kappa shape index (κ3) is 4.49. The van der Waals surface area contributed by atoms with Crippen molar-refractivity contribution >= 4 is 27.8 Å². The summed E-state index contributed by atoms with van der Waals surface area (Å²) in [6.45, 7) is 2.63. The van der Waals surface area contributed by atoms with E-state index in [0.717, 1.165) is 10.0 Å². The number of carboxylic acid groups (broad SMARTS) is 1. The van der Waals surface area contributed by atoms with Gasteiger partial charge in [-0.1, -0.05) is 34.1 Å². The van der Waals surface area contributed by atoms with E-state index in [-0.39, 0.29) is 25.3 Å². The summed E-state index contributed by atoms with van der Waals surface area (Å²) in [5.74, 6) is -0.937. The predicted octanol–water partition coefficient (Wildman–Crippen LogP) is 2.31. The monoisotopic (exact) mass is 313 g/mol. The number of halogens is 1. The molecule has 1 aromatic carbocycles. The molecule has 18 heavy (non-hydrogen) atoms. The van der Waals surface area contributed by atoms with E-state index >= 15 is 0 Å². The van der Waals surface area contributed by atoms with Crippen molar-refractivity contribution in [3.05, 3.63) is 34.3 Å². The van der Waals surface area contributed by atoms with Gasteiger partial charge in [0.2, 0.25) is 5.91 Å². The van der Waals surface area contributed by atoms with Gasteiger partial charge in [-0.25, -0.2) is 0 Å². The normalized spacial score (nSPS) is 10.1. The zero-order chi connectivity index (χ0) is 13.5. The highest BCUT2D eigenvalue weighted by Crippen LogP contribution is 2.17. The van der Waals surface area contributed by atoms with Gasteiger partial charge in [-0.15, -0.1) is 0 Å². The number of benzene rings is 1. The summed E-state index contributed by atoms with van der Waals surface area (Å²) in [5.41, 5.74) is 0.913. The fourth-order valence-electron chi connectivity index (χ4n) is 1.61. The third-order valence-electron chi connectivity index (χ3n) is 2.63. The number of amides is 1. The quantitative estimate of drug-likeness (QED) is 0.876. The number of carbonyl (C=O) groups excluding carboxylic acids is 1. The first-order valence-corrected chi connectivity index (χ1v) is 6.57. The van der Waals surface area contributed by atoms with E-state index in [1.807, 2.05) is 31.2 Å². The fraction of sp³-hybridized carbons (Fsp3) is 0.385. The van der Waals surface area contributed by atoms with Crippen LogP contribution in [0, 0.1) is 0 Å². The second-order valence-electron chi connectivity index (χ2n) is 3.89. The van der Waals surface area contributed by atoms with Crippen LogP contribution in [0.4, 0.5) is 0 Å². The largest absolute Gasteiger partial charge is 0.481 e. The Kier molecular flexibility index (Phi) is 5.85. The lowest BCUT2D eigenvalue weighted by Gasteiger charge is -2.20. The molecule has 0 heterocycles. The molecule has 0 aliphatic heterocycles. The van der Waals surface area contributed by atoms with Gasteiger partial charge in [0.15, 0.2) is 0 Å². The topological polar surface area (TPSA) is 57.6 Å². The lowest BCUT2D eigenvalue weighted by molar-refractivity contribution is -0.138. The molecule has 0 aliphatic carbocycles. The van der Waals surface area contributed by atoms with Crippen molar-refractivity contribution in [2.24, 2.45) is 0 Å². The van der Waals surface area contributed by atoms with Gasteiger partial charge in [-0.05, 0) is 18.6 Å². The van der Waals surface area contributed by atoms with Crippen LogP contribution in [0.3, 0.4) is 0 Å².